The lowest BCUT2D eigenvalue weighted by Gasteiger charge is -1.96. The number of ether oxygens (including phenoxy) is 2. The molecular formula is C22H40O4. The molecule has 0 aliphatic rings. The van der Waals surface area contributed by atoms with Crippen LogP contribution in [-0.2, 0) is 19.1 Å². The minimum Gasteiger partial charge on any atom is -0.469 e. The second-order valence-corrected chi connectivity index (χ2v) is 6.10. The minimum absolute atomic E-state index is 0.165. The van der Waals surface area contributed by atoms with Crippen LogP contribution in [0.5, 0.6) is 0 Å². The van der Waals surface area contributed by atoms with Crippen molar-refractivity contribution >= 4 is 11.9 Å². The third-order valence-corrected chi connectivity index (χ3v) is 3.67. The van der Waals surface area contributed by atoms with E-state index in [9.17, 15) is 9.59 Å². The Labute approximate surface area is 161 Å². The lowest BCUT2D eigenvalue weighted by atomic mass is 10.1. The Bertz CT molecular complexity index is 372. The van der Waals surface area contributed by atoms with Crippen LogP contribution in [0.15, 0.2) is 24.3 Å². The molecule has 0 aromatic heterocycles. The van der Waals surface area contributed by atoms with E-state index in [1.807, 2.05) is 25.2 Å². The average molecular weight is 369 g/mol. The zero-order valence-corrected chi connectivity index (χ0v) is 17.4. The van der Waals surface area contributed by atoms with Gasteiger partial charge in [-0.1, -0.05) is 70.6 Å². The molecule has 4 heteroatoms. The van der Waals surface area contributed by atoms with Crippen molar-refractivity contribution in [2.24, 2.45) is 0 Å². The maximum absolute atomic E-state index is 10.9. The van der Waals surface area contributed by atoms with Crippen molar-refractivity contribution in [3.8, 4) is 0 Å². The van der Waals surface area contributed by atoms with Crippen LogP contribution in [0.2, 0.25) is 0 Å². The molecule has 0 atom stereocenters. The standard InChI is InChI=1S/C12H22O2.C10H18O2/c1-3-5-6-7-8-9-10-11-12(13)14-4-2;1-3-4-5-6-7-8-9-10(11)12-2/h10-11H,3-9H2,1-2H3;7-8H,3-6,9H2,1-2H3. The van der Waals surface area contributed by atoms with Gasteiger partial charge in [0.25, 0.3) is 0 Å². The van der Waals surface area contributed by atoms with Crippen molar-refractivity contribution in [3.63, 3.8) is 0 Å². The first kappa shape index (κ1) is 26.6. The monoisotopic (exact) mass is 368 g/mol. The second-order valence-electron chi connectivity index (χ2n) is 6.10. The highest BCUT2D eigenvalue weighted by Gasteiger charge is 1.93. The van der Waals surface area contributed by atoms with Crippen LogP contribution in [0.4, 0.5) is 0 Å². The summed E-state index contributed by atoms with van der Waals surface area (Å²) in [6.07, 6.45) is 19.9. The van der Waals surface area contributed by atoms with Crippen LogP contribution < -0.4 is 0 Å². The number of methoxy groups -OCH3 is 1. The van der Waals surface area contributed by atoms with E-state index in [0.717, 1.165) is 12.8 Å². The summed E-state index contributed by atoms with van der Waals surface area (Å²) in [5.41, 5.74) is 0. The van der Waals surface area contributed by atoms with Crippen LogP contribution in [-0.4, -0.2) is 25.7 Å². The SMILES string of the molecule is CCCCCC=CCC(=O)OC.CCCCCCCC=CC(=O)OCC. The molecule has 0 saturated carbocycles. The topological polar surface area (TPSA) is 52.6 Å². The molecule has 0 bridgehead atoms. The fraction of sp³-hybridized carbons (Fsp3) is 0.727. The van der Waals surface area contributed by atoms with E-state index in [1.54, 1.807) is 0 Å². The number of unbranched alkanes of at least 4 members (excludes halogenated alkanes) is 8. The molecule has 0 fully saturated rings. The third-order valence-electron chi connectivity index (χ3n) is 3.67. The lowest BCUT2D eigenvalue weighted by Crippen LogP contribution is -1.98. The summed E-state index contributed by atoms with van der Waals surface area (Å²) in [6, 6.07) is 0. The zero-order chi connectivity index (χ0) is 19.9. The minimum atomic E-state index is -0.221. The van der Waals surface area contributed by atoms with Crippen LogP contribution >= 0.6 is 0 Å². The summed E-state index contributed by atoms with van der Waals surface area (Å²) in [4.78, 5) is 21.5. The van der Waals surface area contributed by atoms with Gasteiger partial charge < -0.3 is 9.47 Å². The molecule has 0 radical (unpaired) electrons. The van der Waals surface area contributed by atoms with Gasteiger partial charge >= 0.3 is 11.9 Å². The molecule has 4 nitrogen and oxygen atoms in total. The molecule has 152 valence electrons. The molecule has 0 amide bonds. The highest BCUT2D eigenvalue weighted by Crippen LogP contribution is 2.05. The summed E-state index contributed by atoms with van der Waals surface area (Å²) >= 11 is 0. The van der Waals surface area contributed by atoms with Gasteiger partial charge in [-0.25, -0.2) is 4.79 Å². The van der Waals surface area contributed by atoms with Gasteiger partial charge in [0.2, 0.25) is 0 Å². The molecule has 0 unspecified atom stereocenters. The van der Waals surface area contributed by atoms with E-state index < -0.39 is 0 Å². The van der Waals surface area contributed by atoms with Crippen molar-refractivity contribution in [3.05, 3.63) is 24.3 Å². The Morgan fingerprint density at radius 3 is 1.96 bits per heavy atom. The normalized spacial score (nSPS) is 10.6. The molecular weight excluding hydrogens is 328 g/mol. The molecule has 0 aromatic rings. The van der Waals surface area contributed by atoms with E-state index in [-0.39, 0.29) is 11.9 Å². The van der Waals surface area contributed by atoms with Crippen molar-refractivity contribution in [2.45, 2.75) is 91.4 Å². The number of rotatable bonds is 14. The zero-order valence-electron chi connectivity index (χ0n) is 17.4. The molecule has 0 aliphatic heterocycles. The van der Waals surface area contributed by atoms with Gasteiger partial charge in [-0.2, -0.15) is 0 Å². The Morgan fingerprint density at radius 1 is 0.769 bits per heavy atom. The molecule has 0 heterocycles. The Kier molecular flexibility index (Phi) is 24.0. The first-order valence-corrected chi connectivity index (χ1v) is 10.2. The predicted octanol–water partition coefficient (Wildman–Crippen LogP) is 6.15. The van der Waals surface area contributed by atoms with Crippen LogP contribution in [0, 0.1) is 0 Å². The van der Waals surface area contributed by atoms with Crippen molar-refractivity contribution in [2.75, 3.05) is 13.7 Å². The van der Waals surface area contributed by atoms with Crippen LogP contribution in [0.25, 0.3) is 0 Å². The highest BCUT2D eigenvalue weighted by molar-refractivity contribution is 5.81. The largest absolute Gasteiger partial charge is 0.469 e. The van der Waals surface area contributed by atoms with Crippen LogP contribution in [0.3, 0.4) is 0 Å². The fourth-order valence-electron chi connectivity index (χ4n) is 2.13. The summed E-state index contributed by atoms with van der Waals surface area (Å²) in [6.45, 7) is 6.66. The number of allylic oxidation sites excluding steroid dienone is 2. The molecule has 0 aromatic carbocycles. The molecule has 0 rings (SSSR count). The van der Waals surface area contributed by atoms with E-state index in [4.69, 9.17) is 4.74 Å². The molecule has 0 N–H and O–H groups in total. The van der Waals surface area contributed by atoms with E-state index in [2.05, 4.69) is 18.6 Å². The Hall–Kier alpha value is -1.58. The van der Waals surface area contributed by atoms with Gasteiger partial charge in [-0.05, 0) is 32.6 Å². The van der Waals surface area contributed by atoms with Crippen molar-refractivity contribution in [1.82, 2.24) is 0 Å². The van der Waals surface area contributed by atoms with Gasteiger partial charge in [0.15, 0.2) is 0 Å². The van der Waals surface area contributed by atoms with E-state index in [1.165, 1.54) is 64.6 Å². The summed E-state index contributed by atoms with van der Waals surface area (Å²) in [5, 5.41) is 0. The number of hydrogen-bond acceptors (Lipinski definition) is 4. The Balaban J connectivity index is 0. The number of esters is 2. The van der Waals surface area contributed by atoms with Gasteiger partial charge in [-0.3, -0.25) is 4.79 Å². The predicted molar refractivity (Wildman–Crippen MR) is 109 cm³/mol. The summed E-state index contributed by atoms with van der Waals surface area (Å²) < 4.78 is 9.25. The molecule has 26 heavy (non-hydrogen) atoms. The third kappa shape index (κ3) is 24.7. The Morgan fingerprint density at radius 2 is 1.35 bits per heavy atom. The van der Waals surface area contributed by atoms with Gasteiger partial charge in [0, 0.05) is 6.08 Å². The quantitative estimate of drug-likeness (QED) is 0.160. The summed E-state index contributed by atoms with van der Waals surface area (Å²) in [7, 11) is 1.41. The molecule has 0 spiro atoms. The van der Waals surface area contributed by atoms with Gasteiger partial charge in [0.05, 0.1) is 20.1 Å². The first-order valence-electron chi connectivity index (χ1n) is 10.2. The molecule has 0 saturated heterocycles. The number of hydrogen-bond donors (Lipinski definition) is 0. The second kappa shape index (κ2) is 23.4. The smallest absolute Gasteiger partial charge is 0.330 e. The fourth-order valence-corrected chi connectivity index (χ4v) is 2.13. The van der Waals surface area contributed by atoms with Crippen molar-refractivity contribution < 1.29 is 19.1 Å². The summed E-state index contributed by atoms with van der Waals surface area (Å²) in [5.74, 6) is -0.386. The maximum Gasteiger partial charge on any atom is 0.330 e. The lowest BCUT2D eigenvalue weighted by molar-refractivity contribution is -0.139. The van der Waals surface area contributed by atoms with E-state index >= 15 is 0 Å². The average Bonchev–Trinajstić information content (AvgIpc) is 2.64. The number of carbonyl (C=O) groups is 2. The van der Waals surface area contributed by atoms with Crippen molar-refractivity contribution in [1.29, 1.82) is 0 Å². The van der Waals surface area contributed by atoms with Gasteiger partial charge in [0.1, 0.15) is 0 Å². The van der Waals surface area contributed by atoms with Crippen LogP contribution in [0.1, 0.15) is 91.4 Å². The van der Waals surface area contributed by atoms with E-state index in [0.29, 0.717) is 13.0 Å². The molecule has 0 aliphatic carbocycles. The maximum atomic E-state index is 10.9. The van der Waals surface area contributed by atoms with Gasteiger partial charge in [-0.15, -0.1) is 0 Å². The first-order chi connectivity index (χ1) is 12.6. The highest BCUT2D eigenvalue weighted by atomic mass is 16.5. The number of carbonyl (C=O) groups excluding carboxylic acids is 2.